The summed E-state index contributed by atoms with van der Waals surface area (Å²) in [6, 6.07) is 11.8. The van der Waals surface area contributed by atoms with Crippen LogP contribution in [0, 0.1) is 0 Å². The van der Waals surface area contributed by atoms with Crippen molar-refractivity contribution in [3.63, 3.8) is 0 Å². The molecule has 1 aromatic carbocycles. The smallest absolute Gasteiger partial charge is 0.188 e. The molecule has 1 aliphatic carbocycles. The third kappa shape index (κ3) is 2.80. The van der Waals surface area contributed by atoms with E-state index in [0.717, 1.165) is 43.4 Å². The van der Waals surface area contributed by atoms with Gasteiger partial charge in [-0.3, -0.25) is 4.79 Å². The van der Waals surface area contributed by atoms with Crippen molar-refractivity contribution in [3.05, 3.63) is 69.3 Å². The van der Waals surface area contributed by atoms with Crippen molar-refractivity contribution < 1.29 is 4.42 Å². The molecule has 0 saturated carbocycles. The lowest BCUT2D eigenvalue weighted by atomic mass is 9.96. The molecule has 1 aliphatic rings. The molecule has 104 valence electrons. The van der Waals surface area contributed by atoms with E-state index in [2.05, 4.69) is 12.1 Å². The molecule has 2 aromatic rings. The van der Waals surface area contributed by atoms with Crippen molar-refractivity contribution in [1.82, 2.24) is 0 Å². The Morgan fingerprint density at radius 1 is 1.20 bits per heavy atom. The lowest BCUT2D eigenvalue weighted by Gasteiger charge is -2.19. The third-order valence-electron chi connectivity index (χ3n) is 3.80. The molecule has 0 saturated heterocycles. The molecule has 20 heavy (non-hydrogen) atoms. The highest BCUT2D eigenvalue weighted by molar-refractivity contribution is 6.20. The number of fused-ring (bicyclic) bond motifs is 1. The molecule has 1 unspecified atom stereocenters. The molecule has 0 spiro atoms. The van der Waals surface area contributed by atoms with Crippen LogP contribution in [0.25, 0.3) is 0 Å². The molecule has 0 N–H and O–H groups in total. The minimum absolute atomic E-state index is 0.0830. The van der Waals surface area contributed by atoms with Crippen LogP contribution in [-0.4, -0.2) is 0 Å². The first kappa shape index (κ1) is 13.4. The van der Waals surface area contributed by atoms with Gasteiger partial charge < -0.3 is 4.42 Å². The van der Waals surface area contributed by atoms with Crippen molar-refractivity contribution in [2.45, 2.75) is 37.5 Å². The molecule has 0 fully saturated rings. The number of halogens is 1. The van der Waals surface area contributed by atoms with Gasteiger partial charge in [0.1, 0.15) is 11.5 Å². The van der Waals surface area contributed by atoms with Crippen LogP contribution < -0.4 is 5.43 Å². The number of hydrogen-bond acceptors (Lipinski definition) is 2. The van der Waals surface area contributed by atoms with E-state index < -0.39 is 0 Å². The van der Waals surface area contributed by atoms with Crippen LogP contribution in [0.3, 0.4) is 0 Å². The Bertz CT molecular complexity index is 646. The highest BCUT2D eigenvalue weighted by Crippen LogP contribution is 2.33. The molecule has 2 nitrogen and oxygen atoms in total. The van der Waals surface area contributed by atoms with Crippen LogP contribution in [0.15, 0.2) is 45.6 Å². The number of aryl methyl sites for hydroxylation is 2. The number of hydrogen-bond donors (Lipinski definition) is 0. The van der Waals surface area contributed by atoms with Gasteiger partial charge in [0.2, 0.25) is 0 Å². The van der Waals surface area contributed by atoms with Crippen molar-refractivity contribution in [2.24, 2.45) is 0 Å². The maximum Gasteiger partial charge on any atom is 0.188 e. The van der Waals surface area contributed by atoms with E-state index in [9.17, 15) is 4.79 Å². The molecule has 1 aromatic heterocycles. The fourth-order valence-corrected chi connectivity index (χ4v) is 3.04. The molecular weight excluding hydrogens is 272 g/mol. The molecular formula is C17H17ClO2. The quantitative estimate of drug-likeness (QED) is 0.798. The van der Waals surface area contributed by atoms with Gasteiger partial charge >= 0.3 is 0 Å². The summed E-state index contributed by atoms with van der Waals surface area (Å²) in [5.74, 6) is 1.44. The average Bonchev–Trinajstić information content (AvgIpc) is 2.47. The van der Waals surface area contributed by atoms with Gasteiger partial charge in [-0.2, -0.15) is 0 Å². The highest BCUT2D eigenvalue weighted by Gasteiger charge is 2.23. The fourth-order valence-electron chi connectivity index (χ4n) is 2.71. The normalized spacial score (nSPS) is 17.8. The van der Waals surface area contributed by atoms with Gasteiger partial charge in [0.25, 0.3) is 0 Å². The van der Waals surface area contributed by atoms with Gasteiger partial charge in [0.15, 0.2) is 5.43 Å². The molecule has 0 bridgehead atoms. The van der Waals surface area contributed by atoms with E-state index in [1.54, 1.807) is 6.07 Å². The first-order valence-electron chi connectivity index (χ1n) is 7.08. The lowest BCUT2D eigenvalue weighted by molar-refractivity contribution is 0.410. The Balaban J connectivity index is 1.83. The van der Waals surface area contributed by atoms with E-state index in [4.69, 9.17) is 16.0 Å². The second-order valence-corrected chi connectivity index (χ2v) is 5.79. The summed E-state index contributed by atoms with van der Waals surface area (Å²) in [6.07, 6.45) is 4.25. The number of benzene rings is 1. The number of rotatable bonds is 3. The van der Waals surface area contributed by atoms with Gasteiger partial charge in [0.05, 0.1) is 5.38 Å². The van der Waals surface area contributed by atoms with Crippen molar-refractivity contribution >= 4 is 11.6 Å². The van der Waals surface area contributed by atoms with Gasteiger partial charge in [-0.15, -0.1) is 11.6 Å². The van der Waals surface area contributed by atoms with Crippen LogP contribution in [-0.2, 0) is 19.3 Å². The Morgan fingerprint density at radius 3 is 2.80 bits per heavy atom. The first-order valence-corrected chi connectivity index (χ1v) is 7.51. The van der Waals surface area contributed by atoms with Crippen molar-refractivity contribution in [1.29, 1.82) is 0 Å². The lowest BCUT2D eigenvalue weighted by Crippen LogP contribution is -2.18. The Hall–Kier alpha value is -1.54. The average molecular weight is 289 g/mol. The Labute approximate surface area is 123 Å². The van der Waals surface area contributed by atoms with Gasteiger partial charge in [-0.25, -0.2) is 0 Å². The standard InChI is InChI=1S/C17H17ClO2/c18-15-8-4-7-14-16(19)11-13(20-17(14)15)10-9-12-5-2-1-3-6-12/h1-3,5-6,11,15H,4,7-10H2. The topological polar surface area (TPSA) is 30.2 Å². The minimum atomic E-state index is -0.150. The minimum Gasteiger partial charge on any atom is -0.464 e. The summed E-state index contributed by atoms with van der Waals surface area (Å²) < 4.78 is 5.88. The molecule has 0 radical (unpaired) electrons. The van der Waals surface area contributed by atoms with Crippen LogP contribution in [0.4, 0.5) is 0 Å². The van der Waals surface area contributed by atoms with Crippen LogP contribution in [0.2, 0.25) is 0 Å². The van der Waals surface area contributed by atoms with Crippen LogP contribution in [0.1, 0.15) is 40.9 Å². The molecule has 1 atom stereocenters. The summed E-state index contributed by atoms with van der Waals surface area (Å²) in [5.41, 5.74) is 2.11. The Kier molecular flexibility index (Phi) is 3.93. The molecule has 3 heteroatoms. The van der Waals surface area contributed by atoms with Crippen molar-refractivity contribution in [2.75, 3.05) is 0 Å². The fraction of sp³-hybridized carbons (Fsp3) is 0.353. The second-order valence-electron chi connectivity index (χ2n) is 5.27. The molecule has 3 rings (SSSR count). The van der Waals surface area contributed by atoms with E-state index in [-0.39, 0.29) is 10.8 Å². The first-order chi connectivity index (χ1) is 9.74. The highest BCUT2D eigenvalue weighted by atomic mass is 35.5. The maximum absolute atomic E-state index is 12.1. The Morgan fingerprint density at radius 2 is 2.00 bits per heavy atom. The summed E-state index contributed by atoms with van der Waals surface area (Å²) in [5, 5.41) is -0.150. The predicted octanol–water partition coefficient (Wildman–Crippen LogP) is 4.04. The zero-order chi connectivity index (χ0) is 13.9. The molecule has 0 amide bonds. The van der Waals surface area contributed by atoms with Crippen LogP contribution in [0.5, 0.6) is 0 Å². The van der Waals surface area contributed by atoms with Gasteiger partial charge in [-0.05, 0) is 31.2 Å². The predicted molar refractivity (Wildman–Crippen MR) is 80.4 cm³/mol. The van der Waals surface area contributed by atoms with Crippen LogP contribution >= 0.6 is 11.6 Å². The zero-order valence-corrected chi connectivity index (χ0v) is 12.0. The van der Waals surface area contributed by atoms with E-state index >= 15 is 0 Å². The van der Waals surface area contributed by atoms with E-state index in [0.29, 0.717) is 5.76 Å². The summed E-state index contributed by atoms with van der Waals surface area (Å²) in [4.78, 5) is 12.1. The van der Waals surface area contributed by atoms with Gasteiger partial charge in [0, 0.05) is 18.1 Å². The number of alkyl halides is 1. The van der Waals surface area contributed by atoms with Crippen molar-refractivity contribution in [3.8, 4) is 0 Å². The summed E-state index contributed by atoms with van der Waals surface area (Å²) in [6.45, 7) is 0. The largest absolute Gasteiger partial charge is 0.464 e. The maximum atomic E-state index is 12.1. The monoisotopic (exact) mass is 288 g/mol. The van der Waals surface area contributed by atoms with Gasteiger partial charge in [-0.1, -0.05) is 30.3 Å². The van der Waals surface area contributed by atoms with E-state index in [1.807, 2.05) is 18.2 Å². The summed E-state index contributed by atoms with van der Waals surface area (Å²) in [7, 11) is 0. The SMILES string of the molecule is O=c1cc(CCc2ccccc2)oc2c1CCCC2Cl. The summed E-state index contributed by atoms with van der Waals surface area (Å²) >= 11 is 6.28. The molecule has 1 heterocycles. The zero-order valence-electron chi connectivity index (χ0n) is 11.3. The molecule has 0 aliphatic heterocycles. The third-order valence-corrected chi connectivity index (χ3v) is 4.22. The second kappa shape index (κ2) is 5.84. The van der Waals surface area contributed by atoms with E-state index in [1.165, 1.54) is 5.56 Å².